The number of carbonyl (C=O) groups excluding carboxylic acids is 1. The quantitative estimate of drug-likeness (QED) is 0.927. The molecule has 1 saturated carbocycles. The Hall–Kier alpha value is -1.39. The van der Waals surface area contributed by atoms with Gasteiger partial charge in [-0.05, 0) is 25.3 Å². The molecule has 0 spiro atoms. The van der Waals surface area contributed by atoms with Crippen molar-refractivity contribution in [3.8, 4) is 0 Å². The van der Waals surface area contributed by atoms with Crippen molar-refractivity contribution < 1.29 is 9.90 Å². The number of nitrogens with zero attached hydrogens (tertiary/aromatic N) is 2. The number of benzene rings is 1. The van der Waals surface area contributed by atoms with E-state index in [0.29, 0.717) is 6.42 Å². The maximum absolute atomic E-state index is 12.4. The molecule has 0 bridgehead atoms. The van der Waals surface area contributed by atoms with Gasteiger partial charge in [0.1, 0.15) is 0 Å². The van der Waals surface area contributed by atoms with E-state index in [9.17, 15) is 9.90 Å². The number of aryl methyl sites for hydroxylation is 1. The minimum absolute atomic E-state index is 0.129. The van der Waals surface area contributed by atoms with Gasteiger partial charge in [-0.25, -0.2) is 0 Å². The second kappa shape index (κ2) is 7.02. The highest BCUT2D eigenvalue weighted by Gasteiger charge is 2.35. The van der Waals surface area contributed by atoms with Gasteiger partial charge >= 0.3 is 0 Å². The van der Waals surface area contributed by atoms with E-state index in [1.807, 2.05) is 4.90 Å². The van der Waals surface area contributed by atoms with Gasteiger partial charge in [0.15, 0.2) is 0 Å². The fourth-order valence-electron chi connectivity index (χ4n) is 3.83. The highest BCUT2D eigenvalue weighted by Crippen LogP contribution is 2.32. The van der Waals surface area contributed by atoms with E-state index in [2.05, 4.69) is 36.1 Å². The van der Waals surface area contributed by atoms with E-state index in [1.54, 1.807) is 0 Å². The van der Waals surface area contributed by atoms with Gasteiger partial charge in [0.05, 0.1) is 12.0 Å². The minimum Gasteiger partial charge on any atom is -0.389 e. The molecule has 2 fully saturated rings. The summed E-state index contributed by atoms with van der Waals surface area (Å²) in [5.74, 6) is 0.129. The zero-order valence-corrected chi connectivity index (χ0v) is 14.1. The molecule has 4 nitrogen and oxygen atoms in total. The monoisotopic (exact) mass is 316 g/mol. The summed E-state index contributed by atoms with van der Waals surface area (Å²) in [5.41, 5.74) is 1.90. The van der Waals surface area contributed by atoms with E-state index in [-0.39, 0.29) is 5.91 Å². The average Bonchev–Trinajstić information content (AvgIpc) is 2.94. The molecule has 2 aliphatic rings. The lowest BCUT2D eigenvalue weighted by molar-refractivity contribution is -0.138. The van der Waals surface area contributed by atoms with Gasteiger partial charge in [-0.15, -0.1) is 0 Å². The fraction of sp³-hybridized carbons (Fsp3) is 0.632. The van der Waals surface area contributed by atoms with Gasteiger partial charge < -0.3 is 10.0 Å². The Kier molecular flexibility index (Phi) is 5.02. The van der Waals surface area contributed by atoms with Crippen LogP contribution in [0.25, 0.3) is 0 Å². The third kappa shape index (κ3) is 4.33. The lowest BCUT2D eigenvalue weighted by atomic mass is 9.97. The topological polar surface area (TPSA) is 43.8 Å². The molecule has 0 radical (unpaired) electrons. The molecule has 1 aliphatic carbocycles. The van der Waals surface area contributed by atoms with E-state index < -0.39 is 5.60 Å². The van der Waals surface area contributed by atoms with Crippen LogP contribution in [0.4, 0.5) is 0 Å². The smallest absolute Gasteiger partial charge is 0.225 e. The van der Waals surface area contributed by atoms with Gasteiger partial charge in [-0.2, -0.15) is 0 Å². The summed E-state index contributed by atoms with van der Waals surface area (Å²) >= 11 is 0. The van der Waals surface area contributed by atoms with Crippen LogP contribution in [0.2, 0.25) is 0 Å². The summed E-state index contributed by atoms with van der Waals surface area (Å²) in [6.45, 7) is 6.46. The molecular weight excluding hydrogens is 288 g/mol. The molecule has 1 saturated heterocycles. The largest absolute Gasteiger partial charge is 0.389 e. The van der Waals surface area contributed by atoms with Crippen LogP contribution in [0, 0.1) is 6.92 Å². The Balaban J connectivity index is 1.47. The van der Waals surface area contributed by atoms with Crippen molar-refractivity contribution in [1.82, 2.24) is 9.80 Å². The summed E-state index contributed by atoms with van der Waals surface area (Å²) in [4.78, 5) is 16.8. The number of hydrogen-bond acceptors (Lipinski definition) is 3. The van der Waals surface area contributed by atoms with Crippen LogP contribution in [0.3, 0.4) is 0 Å². The normalized spacial score (nSPS) is 21.6. The Morgan fingerprint density at radius 2 is 1.87 bits per heavy atom. The first kappa shape index (κ1) is 16.5. The predicted molar refractivity (Wildman–Crippen MR) is 91.1 cm³/mol. The molecule has 0 atom stereocenters. The summed E-state index contributed by atoms with van der Waals surface area (Å²) in [6, 6.07) is 8.62. The molecule has 0 aromatic heterocycles. The molecule has 1 aliphatic heterocycles. The number of rotatable bonds is 4. The number of carbonyl (C=O) groups is 1. The Labute approximate surface area is 139 Å². The zero-order valence-electron chi connectivity index (χ0n) is 14.1. The molecule has 4 heteroatoms. The van der Waals surface area contributed by atoms with E-state index in [1.165, 1.54) is 11.1 Å². The Morgan fingerprint density at radius 1 is 1.17 bits per heavy atom. The third-order valence-corrected chi connectivity index (χ3v) is 5.23. The summed E-state index contributed by atoms with van der Waals surface area (Å²) in [5, 5.41) is 10.4. The Bertz CT molecular complexity index is 544. The van der Waals surface area contributed by atoms with E-state index in [4.69, 9.17) is 0 Å². The van der Waals surface area contributed by atoms with Crippen molar-refractivity contribution >= 4 is 5.91 Å². The molecule has 1 aromatic rings. The van der Waals surface area contributed by atoms with Crippen molar-refractivity contribution in [2.24, 2.45) is 0 Å². The van der Waals surface area contributed by atoms with Gasteiger partial charge in [0, 0.05) is 32.7 Å². The first-order valence-electron chi connectivity index (χ1n) is 8.82. The predicted octanol–water partition coefficient (Wildman–Crippen LogP) is 2.33. The molecular formula is C19H28N2O2. The summed E-state index contributed by atoms with van der Waals surface area (Å²) in [6.07, 6.45) is 3.98. The molecule has 0 unspecified atom stereocenters. The van der Waals surface area contributed by atoms with Crippen LogP contribution < -0.4 is 0 Å². The SMILES string of the molecule is Cc1cccc(CN2CCN(C(=O)CC3(O)CCCC3)CC2)c1. The first-order valence-corrected chi connectivity index (χ1v) is 8.82. The van der Waals surface area contributed by atoms with Crippen molar-refractivity contribution in [2.75, 3.05) is 26.2 Å². The molecule has 1 N–H and O–H groups in total. The van der Waals surface area contributed by atoms with Crippen molar-refractivity contribution in [3.05, 3.63) is 35.4 Å². The number of piperazine rings is 1. The van der Waals surface area contributed by atoms with Gasteiger partial charge in [-0.3, -0.25) is 9.69 Å². The number of amides is 1. The van der Waals surface area contributed by atoms with Crippen molar-refractivity contribution in [2.45, 2.75) is 51.2 Å². The first-order chi connectivity index (χ1) is 11.0. The molecule has 126 valence electrons. The fourth-order valence-corrected chi connectivity index (χ4v) is 3.83. The van der Waals surface area contributed by atoms with E-state index in [0.717, 1.165) is 58.4 Å². The second-order valence-electron chi connectivity index (χ2n) is 7.25. The second-order valence-corrected chi connectivity index (χ2v) is 7.25. The highest BCUT2D eigenvalue weighted by molar-refractivity contribution is 5.77. The van der Waals surface area contributed by atoms with Crippen LogP contribution in [0.15, 0.2) is 24.3 Å². The number of aliphatic hydroxyl groups is 1. The van der Waals surface area contributed by atoms with Gasteiger partial charge in [0.25, 0.3) is 0 Å². The summed E-state index contributed by atoms with van der Waals surface area (Å²) < 4.78 is 0. The maximum Gasteiger partial charge on any atom is 0.225 e. The van der Waals surface area contributed by atoms with Crippen LogP contribution in [0.1, 0.15) is 43.2 Å². The minimum atomic E-state index is -0.726. The number of hydrogen-bond donors (Lipinski definition) is 1. The van der Waals surface area contributed by atoms with Crippen molar-refractivity contribution in [3.63, 3.8) is 0 Å². The van der Waals surface area contributed by atoms with Crippen LogP contribution >= 0.6 is 0 Å². The van der Waals surface area contributed by atoms with Crippen molar-refractivity contribution in [1.29, 1.82) is 0 Å². The van der Waals surface area contributed by atoms with Gasteiger partial charge in [0.2, 0.25) is 5.91 Å². The van der Waals surface area contributed by atoms with Crippen LogP contribution in [-0.2, 0) is 11.3 Å². The molecule has 23 heavy (non-hydrogen) atoms. The molecule has 3 rings (SSSR count). The van der Waals surface area contributed by atoms with Crippen LogP contribution in [0.5, 0.6) is 0 Å². The third-order valence-electron chi connectivity index (χ3n) is 5.23. The zero-order chi connectivity index (χ0) is 16.3. The lowest BCUT2D eigenvalue weighted by Gasteiger charge is -2.36. The maximum atomic E-state index is 12.4. The summed E-state index contributed by atoms with van der Waals surface area (Å²) in [7, 11) is 0. The molecule has 1 amide bonds. The molecule has 1 heterocycles. The lowest BCUT2D eigenvalue weighted by Crippen LogP contribution is -2.49. The Morgan fingerprint density at radius 3 is 2.52 bits per heavy atom. The average molecular weight is 316 g/mol. The highest BCUT2D eigenvalue weighted by atomic mass is 16.3. The van der Waals surface area contributed by atoms with Gasteiger partial charge in [-0.1, -0.05) is 42.7 Å². The van der Waals surface area contributed by atoms with Crippen LogP contribution in [-0.4, -0.2) is 52.6 Å². The van der Waals surface area contributed by atoms with E-state index >= 15 is 0 Å². The molecule has 1 aromatic carbocycles. The standard InChI is InChI=1S/C19H28N2O2/c1-16-5-4-6-17(13-16)15-20-9-11-21(12-10-20)18(22)14-19(23)7-2-3-8-19/h4-6,13,23H,2-3,7-12,14-15H2,1H3.